The lowest BCUT2D eigenvalue weighted by atomic mass is 9.97. The quantitative estimate of drug-likeness (QED) is 0.614. The lowest BCUT2D eigenvalue weighted by Gasteiger charge is -2.20. The Morgan fingerprint density at radius 1 is 1.33 bits per heavy atom. The summed E-state index contributed by atoms with van der Waals surface area (Å²) in [6, 6.07) is 11.7. The van der Waals surface area contributed by atoms with Gasteiger partial charge in [0.15, 0.2) is 0 Å². The predicted molar refractivity (Wildman–Crippen MR) is 90.7 cm³/mol. The van der Waals surface area contributed by atoms with Gasteiger partial charge in [-0.2, -0.15) is 0 Å². The van der Waals surface area contributed by atoms with Gasteiger partial charge in [0.2, 0.25) is 0 Å². The molecule has 2 rings (SSSR count). The molecule has 0 aliphatic heterocycles. The first-order valence-electron chi connectivity index (χ1n) is 6.60. The first kappa shape index (κ1) is 16.3. The second kappa shape index (κ2) is 7.27. The Hall–Kier alpha value is -1.07. The van der Waals surface area contributed by atoms with Crippen LogP contribution >= 0.6 is 27.5 Å². The number of halogens is 2. The Labute approximate surface area is 138 Å². The minimum Gasteiger partial charge on any atom is -0.496 e. The Kier molecular flexibility index (Phi) is 5.65. The summed E-state index contributed by atoms with van der Waals surface area (Å²) in [6.45, 7) is 2.06. The van der Waals surface area contributed by atoms with Gasteiger partial charge in [-0.3, -0.25) is 11.3 Å². The highest BCUT2D eigenvalue weighted by atomic mass is 79.9. The minimum atomic E-state index is -0.0355. The van der Waals surface area contributed by atoms with Crippen molar-refractivity contribution >= 4 is 27.5 Å². The molecule has 2 aromatic rings. The normalized spacial score (nSPS) is 12.2. The van der Waals surface area contributed by atoms with Gasteiger partial charge >= 0.3 is 0 Å². The standard InChI is InChI=1S/C16H18BrClN2O/c1-10-4-3-5-13(16(10)17)14(20-19)9-11-8-12(18)6-7-15(11)21-2/h3-8,14,20H,9,19H2,1-2H3. The minimum absolute atomic E-state index is 0.0355. The lowest BCUT2D eigenvalue weighted by Crippen LogP contribution is -2.30. The average Bonchev–Trinajstić information content (AvgIpc) is 2.48. The Bertz CT molecular complexity index is 634. The molecule has 1 atom stereocenters. The van der Waals surface area contributed by atoms with E-state index in [2.05, 4.69) is 40.4 Å². The third-order valence-electron chi connectivity index (χ3n) is 3.46. The number of aryl methyl sites for hydroxylation is 1. The molecule has 0 spiro atoms. The SMILES string of the molecule is COc1ccc(Cl)cc1CC(NN)c1cccc(C)c1Br. The monoisotopic (exact) mass is 368 g/mol. The molecule has 5 heteroatoms. The molecule has 2 aromatic carbocycles. The summed E-state index contributed by atoms with van der Waals surface area (Å²) in [4.78, 5) is 0. The number of nitrogens with one attached hydrogen (secondary N) is 1. The molecule has 0 saturated carbocycles. The molecule has 0 radical (unpaired) electrons. The topological polar surface area (TPSA) is 47.3 Å². The average molecular weight is 370 g/mol. The molecule has 0 amide bonds. The van der Waals surface area contributed by atoms with Gasteiger partial charge in [0.05, 0.1) is 13.2 Å². The lowest BCUT2D eigenvalue weighted by molar-refractivity contribution is 0.405. The highest BCUT2D eigenvalue weighted by Crippen LogP contribution is 2.31. The van der Waals surface area contributed by atoms with E-state index in [1.807, 2.05) is 24.3 Å². The van der Waals surface area contributed by atoms with E-state index in [9.17, 15) is 0 Å². The van der Waals surface area contributed by atoms with Crippen molar-refractivity contribution in [3.05, 3.63) is 62.6 Å². The molecule has 3 N–H and O–H groups in total. The zero-order valence-electron chi connectivity index (χ0n) is 12.0. The van der Waals surface area contributed by atoms with Crippen LogP contribution in [0.5, 0.6) is 5.75 Å². The first-order valence-corrected chi connectivity index (χ1v) is 7.77. The van der Waals surface area contributed by atoms with Gasteiger partial charge in [0.25, 0.3) is 0 Å². The largest absolute Gasteiger partial charge is 0.496 e. The third kappa shape index (κ3) is 3.77. The van der Waals surface area contributed by atoms with E-state index in [1.54, 1.807) is 7.11 Å². The van der Waals surface area contributed by atoms with Crippen LogP contribution in [0.3, 0.4) is 0 Å². The molecule has 112 valence electrons. The fraction of sp³-hybridized carbons (Fsp3) is 0.250. The second-order valence-electron chi connectivity index (χ2n) is 4.86. The highest BCUT2D eigenvalue weighted by Gasteiger charge is 2.17. The molecule has 0 bridgehead atoms. The van der Waals surface area contributed by atoms with Gasteiger partial charge in [0, 0.05) is 9.50 Å². The van der Waals surface area contributed by atoms with Crippen LogP contribution in [0.15, 0.2) is 40.9 Å². The van der Waals surface area contributed by atoms with Crippen LogP contribution in [-0.4, -0.2) is 7.11 Å². The van der Waals surface area contributed by atoms with Crippen LogP contribution < -0.4 is 16.0 Å². The fourth-order valence-corrected chi connectivity index (χ4v) is 3.06. The maximum Gasteiger partial charge on any atom is 0.122 e. The van der Waals surface area contributed by atoms with Crippen molar-refractivity contribution in [2.45, 2.75) is 19.4 Å². The Balaban J connectivity index is 2.35. The summed E-state index contributed by atoms with van der Waals surface area (Å²) in [7, 11) is 1.65. The van der Waals surface area contributed by atoms with E-state index in [0.717, 1.165) is 21.3 Å². The summed E-state index contributed by atoms with van der Waals surface area (Å²) in [5.74, 6) is 6.57. The zero-order chi connectivity index (χ0) is 15.4. The maximum absolute atomic E-state index is 6.09. The number of hydrogen-bond acceptors (Lipinski definition) is 3. The van der Waals surface area contributed by atoms with Crippen molar-refractivity contribution in [2.24, 2.45) is 5.84 Å². The molecule has 0 heterocycles. The second-order valence-corrected chi connectivity index (χ2v) is 6.09. The molecule has 0 saturated heterocycles. The van der Waals surface area contributed by atoms with E-state index in [0.29, 0.717) is 11.4 Å². The van der Waals surface area contributed by atoms with E-state index < -0.39 is 0 Å². The Morgan fingerprint density at radius 2 is 2.10 bits per heavy atom. The van der Waals surface area contributed by atoms with Gasteiger partial charge in [-0.1, -0.05) is 45.7 Å². The molecule has 0 fully saturated rings. The van der Waals surface area contributed by atoms with Gasteiger partial charge in [-0.15, -0.1) is 0 Å². The molecule has 1 unspecified atom stereocenters. The number of nitrogens with two attached hydrogens (primary N) is 1. The first-order chi connectivity index (χ1) is 10.1. The van der Waals surface area contributed by atoms with Gasteiger partial charge < -0.3 is 4.74 Å². The van der Waals surface area contributed by atoms with Gasteiger partial charge in [-0.25, -0.2) is 0 Å². The third-order valence-corrected chi connectivity index (χ3v) is 4.78. The van der Waals surface area contributed by atoms with Crippen LogP contribution in [0.1, 0.15) is 22.7 Å². The highest BCUT2D eigenvalue weighted by molar-refractivity contribution is 9.10. The van der Waals surface area contributed by atoms with Crippen molar-refractivity contribution < 1.29 is 4.74 Å². The molecular weight excluding hydrogens is 352 g/mol. The summed E-state index contributed by atoms with van der Waals surface area (Å²) in [5.41, 5.74) is 6.17. The predicted octanol–water partition coefficient (Wildman–Crippen LogP) is 4.17. The molecule has 3 nitrogen and oxygen atoms in total. The molecule has 0 aliphatic carbocycles. The van der Waals surface area contributed by atoms with Gasteiger partial charge in [-0.05, 0) is 48.2 Å². The van der Waals surface area contributed by atoms with Crippen molar-refractivity contribution in [1.82, 2.24) is 5.43 Å². The number of methoxy groups -OCH3 is 1. The number of hydrazine groups is 1. The van der Waals surface area contributed by atoms with Crippen molar-refractivity contribution in [1.29, 1.82) is 0 Å². The van der Waals surface area contributed by atoms with Crippen molar-refractivity contribution in [2.75, 3.05) is 7.11 Å². The maximum atomic E-state index is 6.09. The van der Waals surface area contributed by atoms with E-state index in [4.69, 9.17) is 22.2 Å². The summed E-state index contributed by atoms with van der Waals surface area (Å²) in [6.07, 6.45) is 0.683. The number of benzene rings is 2. The van der Waals surface area contributed by atoms with Crippen molar-refractivity contribution in [3.8, 4) is 5.75 Å². The summed E-state index contributed by atoms with van der Waals surface area (Å²) in [5, 5.41) is 0.685. The van der Waals surface area contributed by atoms with Crippen LogP contribution in [0.25, 0.3) is 0 Å². The number of rotatable bonds is 5. The van der Waals surface area contributed by atoms with E-state index in [1.165, 1.54) is 5.56 Å². The summed E-state index contributed by atoms with van der Waals surface area (Å²) < 4.78 is 6.46. The molecule has 21 heavy (non-hydrogen) atoms. The zero-order valence-corrected chi connectivity index (χ0v) is 14.3. The summed E-state index contributed by atoms with van der Waals surface area (Å²) >= 11 is 9.72. The smallest absolute Gasteiger partial charge is 0.122 e. The van der Waals surface area contributed by atoms with Gasteiger partial charge in [0.1, 0.15) is 5.75 Å². The number of hydrogen-bond donors (Lipinski definition) is 2. The van der Waals surface area contributed by atoms with Crippen LogP contribution in [0.4, 0.5) is 0 Å². The fourth-order valence-electron chi connectivity index (χ4n) is 2.32. The Morgan fingerprint density at radius 3 is 2.76 bits per heavy atom. The van der Waals surface area contributed by atoms with E-state index in [-0.39, 0.29) is 6.04 Å². The van der Waals surface area contributed by atoms with Crippen LogP contribution in [0, 0.1) is 6.92 Å². The molecule has 0 aliphatic rings. The van der Waals surface area contributed by atoms with Crippen molar-refractivity contribution in [3.63, 3.8) is 0 Å². The van der Waals surface area contributed by atoms with E-state index >= 15 is 0 Å². The molecular formula is C16H18BrClN2O. The van der Waals surface area contributed by atoms with Crippen LogP contribution in [-0.2, 0) is 6.42 Å². The van der Waals surface area contributed by atoms with Crippen LogP contribution in [0.2, 0.25) is 5.02 Å². The molecule has 0 aromatic heterocycles. The number of ether oxygens (including phenoxy) is 1.